The number of piperidine rings is 1. The number of hydrogen-bond donors (Lipinski definition) is 2. The maximum absolute atomic E-state index is 12.0. The van der Waals surface area contributed by atoms with Gasteiger partial charge in [0.15, 0.2) is 11.0 Å². The van der Waals surface area contributed by atoms with E-state index in [2.05, 4.69) is 20.8 Å². The molecule has 1 aromatic heterocycles. The van der Waals surface area contributed by atoms with Crippen molar-refractivity contribution < 1.29 is 4.79 Å². The van der Waals surface area contributed by atoms with Gasteiger partial charge in [-0.05, 0) is 31.1 Å². The van der Waals surface area contributed by atoms with Gasteiger partial charge in [-0.1, -0.05) is 11.6 Å². The lowest BCUT2D eigenvalue weighted by molar-refractivity contribution is 0.167. The maximum atomic E-state index is 12.0. The van der Waals surface area contributed by atoms with Crippen LogP contribution in [0, 0.1) is 5.41 Å². The van der Waals surface area contributed by atoms with Crippen molar-refractivity contribution in [3.05, 3.63) is 17.5 Å². The van der Waals surface area contributed by atoms with Crippen molar-refractivity contribution >= 4 is 23.4 Å². The van der Waals surface area contributed by atoms with E-state index in [1.807, 2.05) is 4.90 Å². The van der Waals surface area contributed by atoms with Crippen molar-refractivity contribution in [3.8, 4) is 0 Å². The molecule has 1 saturated carbocycles. The van der Waals surface area contributed by atoms with Crippen molar-refractivity contribution in [3.63, 3.8) is 0 Å². The fourth-order valence-electron chi connectivity index (χ4n) is 2.46. The highest BCUT2D eigenvalue weighted by Crippen LogP contribution is 2.53. The summed E-state index contributed by atoms with van der Waals surface area (Å²) in [5, 5.41) is 0.235. The Morgan fingerprint density at radius 2 is 1.89 bits per heavy atom. The Morgan fingerprint density at radius 3 is 2.53 bits per heavy atom. The summed E-state index contributed by atoms with van der Waals surface area (Å²) in [6.45, 7) is 1.64. The van der Waals surface area contributed by atoms with Crippen LogP contribution in [-0.2, 0) is 0 Å². The predicted molar refractivity (Wildman–Crippen MR) is 71.7 cm³/mol. The molecule has 2 amide bonds. The van der Waals surface area contributed by atoms with Gasteiger partial charge in [0, 0.05) is 25.5 Å². The van der Waals surface area contributed by atoms with Crippen molar-refractivity contribution in [1.29, 1.82) is 0 Å². The van der Waals surface area contributed by atoms with Crippen LogP contribution in [0.1, 0.15) is 25.7 Å². The number of carbonyl (C=O) groups excluding carboxylic acids is 1. The Kier molecular flexibility index (Phi) is 3.18. The van der Waals surface area contributed by atoms with E-state index in [9.17, 15) is 4.79 Å². The van der Waals surface area contributed by atoms with Gasteiger partial charge >= 0.3 is 6.03 Å². The molecule has 0 unspecified atom stereocenters. The Labute approximate surface area is 116 Å². The molecular weight excluding hydrogens is 266 g/mol. The van der Waals surface area contributed by atoms with Gasteiger partial charge in [-0.2, -0.15) is 0 Å². The van der Waals surface area contributed by atoms with Gasteiger partial charge in [0.05, 0.1) is 0 Å². The molecule has 2 heterocycles. The molecule has 3 rings (SSSR count). The average Bonchev–Trinajstić information content (AvgIpc) is 3.18. The topological polar surface area (TPSA) is 70.1 Å². The second kappa shape index (κ2) is 4.85. The number of urea groups is 1. The predicted octanol–water partition coefficient (Wildman–Crippen LogP) is 2.04. The number of halogens is 1. The normalized spacial score (nSPS) is 20.2. The molecule has 2 N–H and O–H groups in total. The van der Waals surface area contributed by atoms with E-state index in [0.717, 1.165) is 25.9 Å². The van der Waals surface area contributed by atoms with Crippen LogP contribution < -0.4 is 10.9 Å². The van der Waals surface area contributed by atoms with Gasteiger partial charge in [0.2, 0.25) is 0 Å². The number of amides is 2. The molecular formula is C12H16ClN5O. The highest BCUT2D eigenvalue weighted by Gasteiger charge is 2.45. The number of hydrogen-bond acceptors (Lipinski definition) is 4. The minimum atomic E-state index is -0.141. The quantitative estimate of drug-likeness (QED) is 0.814. The summed E-state index contributed by atoms with van der Waals surface area (Å²) in [5.74, 6) is 0.355. The molecule has 19 heavy (non-hydrogen) atoms. The molecule has 7 heteroatoms. The molecule has 0 bridgehead atoms. The zero-order valence-electron chi connectivity index (χ0n) is 10.5. The second-order valence-corrected chi connectivity index (χ2v) is 5.60. The van der Waals surface area contributed by atoms with Crippen molar-refractivity contribution in [2.45, 2.75) is 25.7 Å². The largest absolute Gasteiger partial charge is 0.336 e. The van der Waals surface area contributed by atoms with E-state index in [4.69, 9.17) is 11.6 Å². The lowest BCUT2D eigenvalue weighted by atomic mass is 9.94. The maximum Gasteiger partial charge on any atom is 0.336 e. The van der Waals surface area contributed by atoms with E-state index in [0.29, 0.717) is 11.2 Å². The van der Waals surface area contributed by atoms with Crippen LogP contribution >= 0.6 is 11.6 Å². The number of carbonyl (C=O) groups is 1. The van der Waals surface area contributed by atoms with Crippen LogP contribution in [0.15, 0.2) is 12.4 Å². The summed E-state index contributed by atoms with van der Waals surface area (Å²) in [4.78, 5) is 21.7. The fraction of sp³-hybridized carbons (Fsp3) is 0.583. The molecule has 1 aliphatic heterocycles. The van der Waals surface area contributed by atoms with Crippen molar-refractivity contribution in [1.82, 2.24) is 20.3 Å². The Balaban J connectivity index is 1.50. The van der Waals surface area contributed by atoms with E-state index in [-0.39, 0.29) is 11.2 Å². The number of nitrogens with zero attached hydrogens (tertiary/aromatic N) is 3. The van der Waals surface area contributed by atoms with Crippen LogP contribution in [0.3, 0.4) is 0 Å². The SMILES string of the molecule is O=C(NNc1nccnc1Cl)N1CCC2(CC1)CC2. The molecule has 0 aromatic carbocycles. The van der Waals surface area contributed by atoms with Crippen LogP contribution in [0.2, 0.25) is 5.15 Å². The van der Waals surface area contributed by atoms with E-state index >= 15 is 0 Å². The first-order valence-corrected chi connectivity index (χ1v) is 6.84. The highest BCUT2D eigenvalue weighted by atomic mass is 35.5. The van der Waals surface area contributed by atoms with E-state index in [1.165, 1.54) is 25.2 Å². The molecule has 0 radical (unpaired) electrons. The van der Waals surface area contributed by atoms with E-state index in [1.54, 1.807) is 0 Å². The van der Waals surface area contributed by atoms with Gasteiger partial charge in [-0.25, -0.2) is 14.8 Å². The summed E-state index contributed by atoms with van der Waals surface area (Å²) in [7, 11) is 0. The zero-order valence-corrected chi connectivity index (χ0v) is 11.3. The molecule has 1 aliphatic carbocycles. The first kappa shape index (κ1) is 12.5. The van der Waals surface area contributed by atoms with Gasteiger partial charge in [-0.3, -0.25) is 10.9 Å². The third kappa shape index (κ3) is 2.73. The van der Waals surface area contributed by atoms with Crippen molar-refractivity contribution in [2.75, 3.05) is 18.5 Å². The lowest BCUT2D eigenvalue weighted by Gasteiger charge is -2.32. The number of hydrazine groups is 1. The van der Waals surface area contributed by atoms with Gasteiger partial charge < -0.3 is 4.90 Å². The monoisotopic (exact) mass is 281 g/mol. The Bertz CT molecular complexity index is 481. The molecule has 1 spiro atoms. The molecule has 1 saturated heterocycles. The smallest absolute Gasteiger partial charge is 0.323 e. The summed E-state index contributed by atoms with van der Waals surface area (Å²) in [6, 6.07) is -0.141. The van der Waals surface area contributed by atoms with Gasteiger partial charge in [0.1, 0.15) is 0 Å². The highest BCUT2D eigenvalue weighted by molar-refractivity contribution is 6.31. The number of likely N-dealkylation sites (tertiary alicyclic amines) is 1. The van der Waals surface area contributed by atoms with Crippen LogP contribution in [0.25, 0.3) is 0 Å². The third-order valence-corrected chi connectivity index (χ3v) is 4.29. The molecule has 2 aliphatic rings. The molecule has 6 nitrogen and oxygen atoms in total. The zero-order chi connectivity index (χ0) is 13.3. The summed E-state index contributed by atoms with van der Waals surface area (Å²) >= 11 is 5.84. The first-order chi connectivity index (χ1) is 9.19. The first-order valence-electron chi connectivity index (χ1n) is 6.46. The second-order valence-electron chi connectivity index (χ2n) is 5.24. The van der Waals surface area contributed by atoms with Crippen LogP contribution in [0.4, 0.5) is 10.6 Å². The molecule has 0 atom stereocenters. The van der Waals surface area contributed by atoms with E-state index < -0.39 is 0 Å². The standard InChI is InChI=1S/C12H16ClN5O/c13-9-10(15-6-5-14-9)16-17-11(19)18-7-3-12(1-2-12)4-8-18/h5-6H,1-4,7-8H2,(H,15,16)(H,17,19). The molecule has 102 valence electrons. The van der Waals surface area contributed by atoms with Gasteiger partial charge in [0.25, 0.3) is 0 Å². The fourth-order valence-corrected chi connectivity index (χ4v) is 2.61. The number of rotatable bonds is 2. The minimum absolute atomic E-state index is 0.141. The number of anilines is 1. The summed E-state index contributed by atoms with van der Waals surface area (Å²) in [5.41, 5.74) is 5.87. The lowest BCUT2D eigenvalue weighted by Crippen LogP contribution is -2.46. The number of aromatic nitrogens is 2. The third-order valence-electron chi connectivity index (χ3n) is 4.01. The average molecular weight is 282 g/mol. The molecule has 2 fully saturated rings. The van der Waals surface area contributed by atoms with Crippen LogP contribution in [0.5, 0.6) is 0 Å². The minimum Gasteiger partial charge on any atom is -0.323 e. The van der Waals surface area contributed by atoms with Crippen molar-refractivity contribution in [2.24, 2.45) is 5.41 Å². The Hall–Kier alpha value is -1.56. The summed E-state index contributed by atoms with van der Waals surface area (Å²) in [6.07, 6.45) is 7.90. The summed E-state index contributed by atoms with van der Waals surface area (Å²) < 4.78 is 0. The van der Waals surface area contributed by atoms with Crippen LogP contribution in [-0.4, -0.2) is 34.0 Å². The number of nitrogens with one attached hydrogen (secondary N) is 2. The van der Waals surface area contributed by atoms with Gasteiger partial charge in [-0.15, -0.1) is 0 Å². The molecule has 1 aromatic rings. The Morgan fingerprint density at radius 1 is 1.21 bits per heavy atom.